The zero-order chi connectivity index (χ0) is 12.3. The van der Waals surface area contributed by atoms with Crippen LogP contribution in [0.25, 0.3) is 0 Å². The normalized spacial score (nSPS) is 18.2. The molecule has 0 bridgehead atoms. The molecule has 1 saturated heterocycles. The Balaban J connectivity index is 1.92. The van der Waals surface area contributed by atoms with Gasteiger partial charge in [-0.2, -0.15) is 0 Å². The van der Waals surface area contributed by atoms with Gasteiger partial charge in [-0.15, -0.1) is 0 Å². The molecule has 0 N–H and O–H groups in total. The van der Waals surface area contributed by atoms with E-state index < -0.39 is 16.1 Å². The lowest BCUT2D eigenvalue weighted by atomic mass is 10.2. The minimum atomic E-state index is -0.660. The SMILES string of the molecule is O=[N+]([O-])c1ccc(CN2CC[S+]([O-])CC2)cc1. The highest BCUT2D eigenvalue weighted by Gasteiger charge is 2.19. The van der Waals surface area contributed by atoms with E-state index in [4.69, 9.17) is 0 Å². The van der Waals surface area contributed by atoms with Gasteiger partial charge < -0.3 is 4.55 Å². The summed E-state index contributed by atoms with van der Waals surface area (Å²) in [4.78, 5) is 12.3. The monoisotopic (exact) mass is 254 g/mol. The molecule has 0 atom stereocenters. The zero-order valence-corrected chi connectivity index (χ0v) is 10.2. The highest BCUT2D eigenvalue weighted by atomic mass is 32.2. The molecule has 1 aliphatic heterocycles. The Morgan fingerprint density at radius 3 is 2.35 bits per heavy atom. The smallest absolute Gasteiger partial charge is 0.269 e. The van der Waals surface area contributed by atoms with E-state index in [0.717, 1.165) is 36.7 Å². The van der Waals surface area contributed by atoms with Gasteiger partial charge in [0.1, 0.15) is 11.5 Å². The predicted octanol–water partition coefficient (Wildman–Crippen LogP) is 1.16. The van der Waals surface area contributed by atoms with Crippen molar-refractivity contribution in [3.05, 3.63) is 39.9 Å². The molecule has 0 aromatic heterocycles. The van der Waals surface area contributed by atoms with Crippen molar-refractivity contribution in [2.45, 2.75) is 6.54 Å². The molecule has 0 saturated carbocycles. The Bertz CT molecular complexity index is 388. The fraction of sp³-hybridized carbons (Fsp3) is 0.455. The average Bonchev–Trinajstić information content (AvgIpc) is 2.33. The van der Waals surface area contributed by atoms with Gasteiger partial charge in [0.15, 0.2) is 0 Å². The van der Waals surface area contributed by atoms with Gasteiger partial charge in [-0.3, -0.25) is 15.0 Å². The van der Waals surface area contributed by atoms with E-state index in [9.17, 15) is 14.7 Å². The quantitative estimate of drug-likeness (QED) is 0.461. The summed E-state index contributed by atoms with van der Waals surface area (Å²) in [6, 6.07) is 6.61. The van der Waals surface area contributed by atoms with Gasteiger partial charge in [0.2, 0.25) is 0 Å². The van der Waals surface area contributed by atoms with Crippen LogP contribution in [-0.4, -0.2) is 39.0 Å². The second kappa shape index (κ2) is 5.48. The maximum absolute atomic E-state index is 11.2. The Labute approximate surface area is 103 Å². The minimum absolute atomic E-state index is 0.119. The first-order chi connectivity index (χ1) is 8.15. The molecule has 0 amide bonds. The molecule has 0 radical (unpaired) electrons. The molecule has 2 rings (SSSR count). The number of benzene rings is 1. The second-order valence-electron chi connectivity index (χ2n) is 4.05. The van der Waals surface area contributed by atoms with Crippen LogP contribution < -0.4 is 0 Å². The van der Waals surface area contributed by atoms with E-state index in [1.807, 2.05) is 0 Å². The summed E-state index contributed by atoms with van der Waals surface area (Å²) in [6.45, 7) is 2.45. The Kier molecular flexibility index (Phi) is 3.98. The number of non-ortho nitro benzene ring substituents is 1. The number of hydrogen-bond donors (Lipinski definition) is 0. The lowest BCUT2D eigenvalue weighted by Crippen LogP contribution is -2.39. The molecule has 0 spiro atoms. The van der Waals surface area contributed by atoms with Gasteiger partial charge in [0, 0.05) is 31.8 Å². The first kappa shape index (κ1) is 12.3. The highest BCUT2D eigenvalue weighted by molar-refractivity contribution is 7.91. The van der Waals surface area contributed by atoms with Gasteiger partial charge in [0.05, 0.1) is 4.92 Å². The predicted molar refractivity (Wildman–Crippen MR) is 66.2 cm³/mol. The number of nitrogens with zero attached hydrogens (tertiary/aromatic N) is 2. The molecule has 17 heavy (non-hydrogen) atoms. The van der Waals surface area contributed by atoms with Gasteiger partial charge >= 0.3 is 0 Å². The van der Waals surface area contributed by atoms with Crippen molar-refractivity contribution in [3.8, 4) is 0 Å². The highest BCUT2D eigenvalue weighted by Crippen LogP contribution is 2.14. The third kappa shape index (κ3) is 3.42. The molecular formula is C11H14N2O3S. The maximum atomic E-state index is 11.2. The third-order valence-electron chi connectivity index (χ3n) is 2.82. The summed E-state index contributed by atoms with van der Waals surface area (Å²) >= 11 is -0.660. The number of nitro groups is 1. The Hall–Kier alpha value is -1.11. The second-order valence-corrected chi connectivity index (χ2v) is 5.74. The van der Waals surface area contributed by atoms with Crippen LogP contribution in [0.1, 0.15) is 5.56 Å². The molecular weight excluding hydrogens is 240 g/mol. The Morgan fingerprint density at radius 1 is 1.24 bits per heavy atom. The first-order valence-electron chi connectivity index (χ1n) is 5.46. The van der Waals surface area contributed by atoms with Gasteiger partial charge in [-0.05, 0) is 5.56 Å². The standard InChI is InChI=1S/C11H14N2O3S/c14-13(15)11-3-1-10(2-4-11)9-12-5-7-17(16)8-6-12/h1-4H,5-9H2. The lowest BCUT2D eigenvalue weighted by Gasteiger charge is -2.27. The van der Waals surface area contributed by atoms with Crippen LogP contribution >= 0.6 is 0 Å². The van der Waals surface area contributed by atoms with Crippen LogP contribution in [0.4, 0.5) is 5.69 Å². The van der Waals surface area contributed by atoms with E-state index in [2.05, 4.69) is 4.90 Å². The van der Waals surface area contributed by atoms with Crippen molar-refractivity contribution >= 4 is 16.9 Å². The van der Waals surface area contributed by atoms with Gasteiger partial charge in [-0.25, -0.2) is 0 Å². The van der Waals surface area contributed by atoms with Crippen molar-refractivity contribution in [3.63, 3.8) is 0 Å². The van der Waals surface area contributed by atoms with Crippen LogP contribution in [0.2, 0.25) is 0 Å². The van der Waals surface area contributed by atoms with Crippen molar-refractivity contribution in [1.29, 1.82) is 0 Å². The summed E-state index contributed by atoms with van der Waals surface area (Å²) in [6.07, 6.45) is 0. The number of hydrogen-bond acceptors (Lipinski definition) is 4. The summed E-state index contributed by atoms with van der Waals surface area (Å²) in [7, 11) is 0. The third-order valence-corrected chi connectivity index (χ3v) is 4.10. The molecule has 6 heteroatoms. The summed E-state index contributed by atoms with van der Waals surface area (Å²) in [5, 5.41) is 10.5. The zero-order valence-electron chi connectivity index (χ0n) is 9.37. The largest absolute Gasteiger partial charge is 0.616 e. The van der Waals surface area contributed by atoms with Crippen LogP contribution in [0, 0.1) is 10.1 Å². The molecule has 1 aromatic carbocycles. The Morgan fingerprint density at radius 2 is 1.82 bits per heavy atom. The molecule has 5 nitrogen and oxygen atoms in total. The fourth-order valence-corrected chi connectivity index (χ4v) is 2.94. The number of nitro benzene ring substituents is 1. The molecule has 0 unspecified atom stereocenters. The molecule has 1 heterocycles. The minimum Gasteiger partial charge on any atom is -0.616 e. The summed E-state index contributed by atoms with van der Waals surface area (Å²) in [5.74, 6) is 1.46. The first-order valence-corrected chi connectivity index (χ1v) is 6.94. The van der Waals surface area contributed by atoms with Crippen LogP contribution in [-0.2, 0) is 17.7 Å². The van der Waals surface area contributed by atoms with Crippen LogP contribution in [0.15, 0.2) is 24.3 Å². The topological polar surface area (TPSA) is 69.4 Å². The van der Waals surface area contributed by atoms with E-state index >= 15 is 0 Å². The summed E-state index contributed by atoms with van der Waals surface area (Å²) < 4.78 is 11.2. The molecule has 92 valence electrons. The van der Waals surface area contributed by atoms with E-state index in [1.54, 1.807) is 12.1 Å². The number of rotatable bonds is 3. The average molecular weight is 254 g/mol. The van der Waals surface area contributed by atoms with Crippen LogP contribution in [0.3, 0.4) is 0 Å². The van der Waals surface area contributed by atoms with Crippen molar-refractivity contribution < 1.29 is 9.48 Å². The molecule has 0 aliphatic carbocycles. The van der Waals surface area contributed by atoms with E-state index in [0.29, 0.717) is 0 Å². The van der Waals surface area contributed by atoms with Gasteiger partial charge in [-0.1, -0.05) is 23.3 Å². The fourth-order valence-electron chi connectivity index (χ4n) is 1.82. The van der Waals surface area contributed by atoms with E-state index in [1.165, 1.54) is 12.1 Å². The van der Waals surface area contributed by atoms with Crippen LogP contribution in [0.5, 0.6) is 0 Å². The molecule has 1 aliphatic rings. The van der Waals surface area contributed by atoms with Crippen molar-refractivity contribution in [2.75, 3.05) is 24.6 Å². The van der Waals surface area contributed by atoms with Gasteiger partial charge in [0.25, 0.3) is 5.69 Å². The van der Waals surface area contributed by atoms with Crippen molar-refractivity contribution in [2.24, 2.45) is 0 Å². The summed E-state index contributed by atoms with van der Waals surface area (Å²) in [5.41, 5.74) is 1.18. The van der Waals surface area contributed by atoms with Crippen molar-refractivity contribution in [1.82, 2.24) is 4.90 Å². The molecule has 1 fully saturated rings. The lowest BCUT2D eigenvalue weighted by molar-refractivity contribution is -0.384. The molecule has 1 aromatic rings. The maximum Gasteiger partial charge on any atom is 0.269 e. The van der Waals surface area contributed by atoms with E-state index in [-0.39, 0.29) is 5.69 Å².